The fourth-order valence-electron chi connectivity index (χ4n) is 2.06. The third kappa shape index (κ3) is 5.71. The molecule has 0 aliphatic carbocycles. The molecule has 1 aliphatic heterocycles. The van der Waals surface area contributed by atoms with E-state index in [9.17, 15) is 4.79 Å². The normalized spacial score (nSPS) is 25.5. The SMILES string of the molecule is CO[C@@H]1C=C[C@H](CC(=O)N(C)C)[C@@H](CO[Si](C)(C)C(C)(C)C)O1. The van der Waals surface area contributed by atoms with Gasteiger partial charge in [0.2, 0.25) is 5.91 Å². The topological polar surface area (TPSA) is 48.0 Å². The van der Waals surface area contributed by atoms with Crippen molar-refractivity contribution in [2.24, 2.45) is 5.92 Å². The molecule has 0 saturated heterocycles. The van der Waals surface area contributed by atoms with Crippen LogP contribution >= 0.6 is 0 Å². The third-order valence-corrected chi connectivity index (χ3v) is 9.36. The lowest BCUT2D eigenvalue weighted by Gasteiger charge is -2.39. The van der Waals surface area contributed by atoms with Gasteiger partial charge in [-0.25, -0.2) is 0 Å². The maximum atomic E-state index is 12.0. The standard InChI is InChI=1S/C17H33NO4Si/c1-17(2,3)23(7,8)21-12-14-13(11-15(19)18(4)5)9-10-16(20-6)22-14/h9-10,13-14,16H,11-12H2,1-8H3/t13-,14-,16+/m1/s1. The molecule has 0 fully saturated rings. The van der Waals surface area contributed by atoms with E-state index in [1.807, 2.05) is 12.2 Å². The number of amides is 1. The second-order valence-electron chi connectivity index (χ2n) is 7.89. The van der Waals surface area contributed by atoms with Gasteiger partial charge < -0.3 is 18.8 Å². The fraction of sp³-hybridized carbons (Fsp3) is 0.824. The Balaban J connectivity index is 2.78. The lowest BCUT2D eigenvalue weighted by molar-refractivity contribution is -0.158. The summed E-state index contributed by atoms with van der Waals surface area (Å²) in [6.45, 7) is 11.6. The Kier molecular flexibility index (Phi) is 7.01. The fourth-order valence-corrected chi connectivity index (χ4v) is 3.08. The van der Waals surface area contributed by atoms with Gasteiger partial charge in [-0.2, -0.15) is 0 Å². The molecule has 0 aromatic heterocycles. The molecule has 0 unspecified atom stereocenters. The van der Waals surface area contributed by atoms with Crippen LogP contribution in [0.5, 0.6) is 0 Å². The second-order valence-corrected chi connectivity index (χ2v) is 12.7. The predicted octanol–water partition coefficient (Wildman–Crippen LogP) is 3.03. The molecular formula is C17H33NO4Si. The van der Waals surface area contributed by atoms with E-state index < -0.39 is 8.32 Å². The van der Waals surface area contributed by atoms with Crippen molar-refractivity contribution in [2.45, 2.75) is 57.7 Å². The van der Waals surface area contributed by atoms with Crippen LogP contribution in [0.4, 0.5) is 0 Å². The van der Waals surface area contributed by atoms with Crippen LogP contribution in [-0.4, -0.2) is 59.3 Å². The Bertz CT molecular complexity index is 429. The summed E-state index contributed by atoms with van der Waals surface area (Å²) in [6, 6.07) is 0. The van der Waals surface area contributed by atoms with Crippen LogP contribution in [0.2, 0.25) is 18.1 Å². The van der Waals surface area contributed by atoms with E-state index >= 15 is 0 Å². The molecule has 0 bridgehead atoms. The smallest absolute Gasteiger partial charge is 0.222 e. The van der Waals surface area contributed by atoms with E-state index in [4.69, 9.17) is 13.9 Å². The minimum atomic E-state index is -1.85. The molecule has 3 atom stereocenters. The molecule has 6 heteroatoms. The highest BCUT2D eigenvalue weighted by molar-refractivity contribution is 6.74. The average molecular weight is 344 g/mol. The summed E-state index contributed by atoms with van der Waals surface area (Å²) in [6.07, 6.45) is 3.79. The quantitative estimate of drug-likeness (QED) is 0.549. The monoisotopic (exact) mass is 343 g/mol. The van der Waals surface area contributed by atoms with Crippen LogP contribution in [0.1, 0.15) is 27.2 Å². The molecule has 1 amide bonds. The van der Waals surface area contributed by atoms with Crippen LogP contribution in [0, 0.1) is 5.92 Å². The number of rotatable bonds is 6. The van der Waals surface area contributed by atoms with Gasteiger partial charge in [0.25, 0.3) is 0 Å². The van der Waals surface area contributed by atoms with Gasteiger partial charge >= 0.3 is 0 Å². The van der Waals surface area contributed by atoms with E-state index in [-0.39, 0.29) is 29.3 Å². The molecule has 0 aromatic rings. The first-order valence-corrected chi connectivity index (χ1v) is 11.1. The summed E-state index contributed by atoms with van der Waals surface area (Å²) in [5.41, 5.74) is 0. The first-order chi connectivity index (χ1) is 10.5. The third-order valence-electron chi connectivity index (χ3n) is 4.86. The van der Waals surface area contributed by atoms with Crippen LogP contribution in [0.3, 0.4) is 0 Å². The number of ether oxygens (including phenoxy) is 2. The molecule has 0 aromatic carbocycles. The summed E-state index contributed by atoms with van der Waals surface area (Å²) in [4.78, 5) is 13.7. The Hall–Kier alpha value is -0.693. The van der Waals surface area contributed by atoms with Crippen LogP contribution in [0.15, 0.2) is 12.2 Å². The van der Waals surface area contributed by atoms with Gasteiger partial charge in [0.15, 0.2) is 14.6 Å². The van der Waals surface area contributed by atoms with Crippen molar-refractivity contribution in [2.75, 3.05) is 27.8 Å². The van der Waals surface area contributed by atoms with Crippen molar-refractivity contribution in [3.63, 3.8) is 0 Å². The van der Waals surface area contributed by atoms with Crippen molar-refractivity contribution in [1.29, 1.82) is 0 Å². The number of carbonyl (C=O) groups excluding carboxylic acids is 1. The highest BCUT2D eigenvalue weighted by Crippen LogP contribution is 2.37. The maximum absolute atomic E-state index is 12.0. The minimum Gasteiger partial charge on any atom is -0.414 e. The molecular weight excluding hydrogens is 310 g/mol. The zero-order valence-electron chi connectivity index (χ0n) is 15.9. The van der Waals surface area contributed by atoms with E-state index in [0.29, 0.717) is 13.0 Å². The number of nitrogens with zero attached hydrogens (tertiary/aromatic N) is 1. The summed E-state index contributed by atoms with van der Waals surface area (Å²) in [5, 5.41) is 0.146. The average Bonchev–Trinajstić information content (AvgIpc) is 2.44. The van der Waals surface area contributed by atoms with Crippen molar-refractivity contribution in [3.05, 3.63) is 12.2 Å². The Morgan fingerprint density at radius 3 is 2.35 bits per heavy atom. The molecule has 5 nitrogen and oxygen atoms in total. The van der Waals surface area contributed by atoms with Gasteiger partial charge in [0.1, 0.15) is 0 Å². The molecule has 0 radical (unpaired) electrons. The number of hydrogen-bond acceptors (Lipinski definition) is 4. The maximum Gasteiger partial charge on any atom is 0.222 e. The second kappa shape index (κ2) is 7.92. The van der Waals surface area contributed by atoms with Gasteiger partial charge in [-0.05, 0) is 24.2 Å². The zero-order chi connectivity index (χ0) is 17.8. The van der Waals surface area contributed by atoms with Crippen LogP contribution in [-0.2, 0) is 18.7 Å². The largest absolute Gasteiger partial charge is 0.414 e. The molecule has 0 spiro atoms. The van der Waals surface area contributed by atoms with Gasteiger partial charge in [0, 0.05) is 33.5 Å². The summed E-state index contributed by atoms with van der Waals surface area (Å²) < 4.78 is 17.5. The highest BCUT2D eigenvalue weighted by Gasteiger charge is 2.39. The van der Waals surface area contributed by atoms with Crippen molar-refractivity contribution >= 4 is 14.2 Å². The molecule has 134 valence electrons. The summed E-state index contributed by atoms with van der Waals surface area (Å²) in [7, 11) is 3.31. The molecule has 1 rings (SSSR count). The van der Waals surface area contributed by atoms with Crippen LogP contribution < -0.4 is 0 Å². The Labute approximate surface area is 142 Å². The van der Waals surface area contributed by atoms with Crippen LogP contribution in [0.25, 0.3) is 0 Å². The van der Waals surface area contributed by atoms with Gasteiger partial charge in [-0.3, -0.25) is 4.79 Å². The van der Waals surface area contributed by atoms with E-state index in [0.717, 1.165) is 0 Å². The highest BCUT2D eigenvalue weighted by atomic mass is 28.4. The summed E-state index contributed by atoms with van der Waals surface area (Å²) in [5.74, 6) is 0.109. The van der Waals surface area contributed by atoms with Crippen molar-refractivity contribution in [1.82, 2.24) is 4.90 Å². The first-order valence-electron chi connectivity index (χ1n) is 8.18. The van der Waals surface area contributed by atoms with Crippen molar-refractivity contribution < 1.29 is 18.7 Å². The molecule has 1 aliphatic rings. The number of hydrogen-bond donors (Lipinski definition) is 0. The van der Waals surface area contributed by atoms with Gasteiger partial charge in [-0.15, -0.1) is 0 Å². The van der Waals surface area contributed by atoms with Crippen molar-refractivity contribution in [3.8, 4) is 0 Å². The Morgan fingerprint density at radius 1 is 1.26 bits per heavy atom. The van der Waals surface area contributed by atoms with E-state index in [2.05, 4.69) is 33.9 Å². The molecule has 0 saturated carbocycles. The minimum absolute atomic E-state index is 0.0149. The zero-order valence-corrected chi connectivity index (χ0v) is 16.9. The molecule has 23 heavy (non-hydrogen) atoms. The predicted molar refractivity (Wildman–Crippen MR) is 94.8 cm³/mol. The number of methoxy groups -OCH3 is 1. The van der Waals surface area contributed by atoms with Gasteiger partial charge in [-0.1, -0.05) is 26.8 Å². The van der Waals surface area contributed by atoms with E-state index in [1.54, 1.807) is 26.1 Å². The first kappa shape index (κ1) is 20.4. The molecule has 0 N–H and O–H groups in total. The number of carbonyl (C=O) groups is 1. The summed E-state index contributed by atoms with van der Waals surface area (Å²) >= 11 is 0. The Morgan fingerprint density at radius 2 is 1.87 bits per heavy atom. The lowest BCUT2D eigenvalue weighted by Crippen LogP contribution is -2.46. The van der Waals surface area contributed by atoms with Gasteiger partial charge in [0.05, 0.1) is 12.7 Å². The van der Waals surface area contributed by atoms with E-state index in [1.165, 1.54) is 0 Å². The molecule has 1 heterocycles. The lowest BCUT2D eigenvalue weighted by atomic mass is 9.95.